The Hall–Kier alpha value is -1.04. The van der Waals surface area contributed by atoms with E-state index in [0.717, 1.165) is 0 Å². The van der Waals surface area contributed by atoms with E-state index in [1.54, 1.807) is 14.1 Å². The Morgan fingerprint density at radius 1 is 1.46 bits per heavy atom. The van der Waals surface area contributed by atoms with Crippen molar-refractivity contribution >= 4 is 21.8 Å². The van der Waals surface area contributed by atoms with E-state index < -0.39 is 0 Å². The molecule has 1 heterocycles. The third kappa shape index (κ3) is 2.00. The highest BCUT2D eigenvalue weighted by Gasteiger charge is 2.15. The SMILES string of the molecule is CN(C)C(=O)c1[nH]c(=O)[nH]c1CBr. The summed E-state index contributed by atoms with van der Waals surface area (Å²) in [4.78, 5) is 28.7. The molecule has 0 bridgehead atoms. The molecule has 0 aliphatic heterocycles. The number of halogens is 1. The number of hydrogen-bond acceptors (Lipinski definition) is 2. The maximum atomic E-state index is 11.5. The minimum atomic E-state index is -0.361. The van der Waals surface area contributed by atoms with Gasteiger partial charge in [-0.05, 0) is 0 Å². The molecule has 0 saturated heterocycles. The summed E-state index contributed by atoms with van der Waals surface area (Å²) in [5.41, 5.74) is 0.523. The molecule has 5 nitrogen and oxygen atoms in total. The van der Waals surface area contributed by atoms with Gasteiger partial charge in [-0.1, -0.05) is 15.9 Å². The summed E-state index contributed by atoms with van der Waals surface area (Å²) < 4.78 is 0. The van der Waals surface area contributed by atoms with Crippen LogP contribution < -0.4 is 5.69 Å². The molecule has 0 aromatic carbocycles. The highest BCUT2D eigenvalue weighted by atomic mass is 79.9. The summed E-state index contributed by atoms with van der Waals surface area (Å²) in [6.45, 7) is 0. The second kappa shape index (κ2) is 3.78. The maximum Gasteiger partial charge on any atom is 0.323 e. The van der Waals surface area contributed by atoms with Crippen molar-refractivity contribution in [3.05, 3.63) is 21.9 Å². The summed E-state index contributed by atoms with van der Waals surface area (Å²) in [5, 5.41) is 0.445. The fourth-order valence-electron chi connectivity index (χ4n) is 0.926. The number of amides is 1. The average molecular weight is 248 g/mol. The second-order valence-electron chi connectivity index (χ2n) is 2.77. The van der Waals surface area contributed by atoms with Crippen molar-refractivity contribution in [2.45, 2.75) is 5.33 Å². The third-order valence-electron chi connectivity index (χ3n) is 1.56. The van der Waals surface area contributed by atoms with Crippen molar-refractivity contribution in [2.24, 2.45) is 0 Å². The number of hydrogen-bond donors (Lipinski definition) is 2. The Labute approximate surface area is 83.3 Å². The lowest BCUT2D eigenvalue weighted by Gasteiger charge is -2.08. The van der Waals surface area contributed by atoms with E-state index >= 15 is 0 Å². The molecule has 0 aliphatic carbocycles. The van der Waals surface area contributed by atoms with Crippen molar-refractivity contribution < 1.29 is 4.79 Å². The first-order valence-electron chi connectivity index (χ1n) is 3.65. The van der Waals surface area contributed by atoms with E-state index in [-0.39, 0.29) is 11.6 Å². The molecule has 0 fully saturated rings. The number of aromatic amines is 2. The molecule has 0 saturated carbocycles. The lowest BCUT2D eigenvalue weighted by Crippen LogP contribution is -2.23. The topological polar surface area (TPSA) is 69.0 Å². The minimum Gasteiger partial charge on any atom is -0.343 e. The molecule has 13 heavy (non-hydrogen) atoms. The van der Waals surface area contributed by atoms with Gasteiger partial charge in [-0.3, -0.25) is 4.79 Å². The molecule has 0 spiro atoms. The van der Waals surface area contributed by atoms with Crippen molar-refractivity contribution in [3.63, 3.8) is 0 Å². The van der Waals surface area contributed by atoms with Crippen molar-refractivity contribution in [1.29, 1.82) is 0 Å². The molecule has 1 rings (SSSR count). The molecule has 72 valence electrons. The number of rotatable bonds is 2. The molecule has 0 unspecified atom stereocenters. The Kier molecular flexibility index (Phi) is 2.92. The zero-order chi connectivity index (χ0) is 10.0. The van der Waals surface area contributed by atoms with Gasteiger partial charge in [0.05, 0.1) is 5.69 Å². The highest BCUT2D eigenvalue weighted by molar-refractivity contribution is 9.08. The van der Waals surface area contributed by atoms with Crippen LogP contribution in [0.2, 0.25) is 0 Å². The van der Waals surface area contributed by atoms with Gasteiger partial charge in [-0.15, -0.1) is 0 Å². The van der Waals surface area contributed by atoms with Gasteiger partial charge in [0.25, 0.3) is 5.91 Å². The lowest BCUT2D eigenvalue weighted by molar-refractivity contribution is 0.0821. The van der Waals surface area contributed by atoms with E-state index in [9.17, 15) is 9.59 Å². The Balaban J connectivity index is 3.13. The van der Waals surface area contributed by atoms with Gasteiger partial charge in [0.2, 0.25) is 0 Å². The van der Waals surface area contributed by atoms with E-state index in [1.165, 1.54) is 4.90 Å². The van der Waals surface area contributed by atoms with Crippen LogP contribution in [0.15, 0.2) is 4.79 Å². The smallest absolute Gasteiger partial charge is 0.323 e. The number of H-pyrrole nitrogens is 2. The van der Waals surface area contributed by atoms with E-state index in [1.807, 2.05) is 0 Å². The maximum absolute atomic E-state index is 11.5. The van der Waals surface area contributed by atoms with E-state index in [0.29, 0.717) is 16.7 Å². The standard InChI is InChI=1S/C7H10BrN3O2/c1-11(2)6(12)5-4(3-8)9-7(13)10-5/h3H2,1-2H3,(H2,9,10,13). The molecule has 0 radical (unpaired) electrons. The first kappa shape index (κ1) is 10.0. The van der Waals surface area contributed by atoms with Crippen LogP contribution in [0.1, 0.15) is 16.2 Å². The first-order valence-corrected chi connectivity index (χ1v) is 4.77. The molecular formula is C7H10BrN3O2. The number of alkyl halides is 1. The summed E-state index contributed by atoms with van der Waals surface area (Å²) in [7, 11) is 3.26. The van der Waals surface area contributed by atoms with Crippen LogP contribution in [0.3, 0.4) is 0 Å². The highest BCUT2D eigenvalue weighted by Crippen LogP contribution is 2.06. The average Bonchev–Trinajstić information content (AvgIpc) is 2.45. The second-order valence-corrected chi connectivity index (χ2v) is 3.33. The summed E-state index contributed by atoms with van der Waals surface area (Å²) in [6.07, 6.45) is 0. The molecule has 2 N–H and O–H groups in total. The largest absolute Gasteiger partial charge is 0.343 e. The Morgan fingerprint density at radius 2 is 2.08 bits per heavy atom. The van der Waals surface area contributed by atoms with Crippen LogP contribution in [-0.2, 0) is 5.33 Å². The number of nitrogens with one attached hydrogen (secondary N) is 2. The van der Waals surface area contributed by atoms with Gasteiger partial charge in [0.15, 0.2) is 0 Å². The number of imidazole rings is 1. The number of nitrogens with zero attached hydrogens (tertiary/aromatic N) is 1. The predicted molar refractivity (Wildman–Crippen MR) is 52.1 cm³/mol. The van der Waals surface area contributed by atoms with Gasteiger partial charge >= 0.3 is 5.69 Å². The molecule has 6 heteroatoms. The van der Waals surface area contributed by atoms with Crippen LogP contribution >= 0.6 is 15.9 Å². The summed E-state index contributed by atoms with van der Waals surface area (Å²) >= 11 is 3.18. The molecule has 1 aromatic heterocycles. The van der Waals surface area contributed by atoms with Crippen molar-refractivity contribution in [2.75, 3.05) is 14.1 Å². The van der Waals surface area contributed by atoms with Crippen molar-refractivity contribution in [1.82, 2.24) is 14.9 Å². The monoisotopic (exact) mass is 247 g/mol. The number of aromatic nitrogens is 2. The zero-order valence-electron chi connectivity index (χ0n) is 7.35. The van der Waals surface area contributed by atoms with Crippen LogP contribution in [0, 0.1) is 0 Å². The fourth-order valence-corrected chi connectivity index (χ4v) is 1.35. The van der Waals surface area contributed by atoms with Gasteiger partial charge in [-0.25, -0.2) is 4.79 Å². The van der Waals surface area contributed by atoms with Gasteiger partial charge in [0, 0.05) is 19.4 Å². The molecular weight excluding hydrogens is 238 g/mol. The summed E-state index contributed by atoms with van der Waals surface area (Å²) in [6, 6.07) is 0. The quantitative estimate of drug-likeness (QED) is 0.739. The normalized spacial score (nSPS) is 10.1. The molecule has 1 aromatic rings. The summed E-state index contributed by atoms with van der Waals surface area (Å²) in [5.74, 6) is -0.215. The van der Waals surface area contributed by atoms with Gasteiger partial charge in [-0.2, -0.15) is 0 Å². The van der Waals surface area contributed by atoms with Crippen LogP contribution in [0.25, 0.3) is 0 Å². The van der Waals surface area contributed by atoms with Crippen LogP contribution in [-0.4, -0.2) is 34.9 Å². The molecule has 0 aliphatic rings. The third-order valence-corrected chi connectivity index (χ3v) is 2.12. The van der Waals surface area contributed by atoms with Gasteiger partial charge in [0.1, 0.15) is 5.69 Å². The zero-order valence-corrected chi connectivity index (χ0v) is 8.93. The molecule has 1 amide bonds. The Morgan fingerprint density at radius 3 is 2.54 bits per heavy atom. The lowest BCUT2D eigenvalue weighted by atomic mass is 10.3. The van der Waals surface area contributed by atoms with E-state index in [2.05, 4.69) is 25.9 Å². The van der Waals surface area contributed by atoms with E-state index in [4.69, 9.17) is 0 Å². The predicted octanol–water partition coefficient (Wildman–Crippen LogP) is 0.300. The first-order chi connectivity index (χ1) is 6.06. The van der Waals surface area contributed by atoms with Gasteiger partial charge < -0.3 is 14.9 Å². The fraction of sp³-hybridized carbons (Fsp3) is 0.429. The van der Waals surface area contributed by atoms with Crippen molar-refractivity contribution in [3.8, 4) is 0 Å². The van der Waals surface area contributed by atoms with Crippen LogP contribution in [0.4, 0.5) is 0 Å². The van der Waals surface area contributed by atoms with Crippen LogP contribution in [0.5, 0.6) is 0 Å². The number of carbonyl (C=O) groups excluding carboxylic acids is 1. The minimum absolute atomic E-state index is 0.215. The number of carbonyl (C=O) groups is 1. The Bertz CT molecular complexity index is 366. The molecule has 0 atom stereocenters.